The van der Waals surface area contributed by atoms with E-state index >= 15 is 0 Å². The maximum atomic E-state index is 12.7. The van der Waals surface area contributed by atoms with E-state index in [1.807, 2.05) is 6.92 Å². The zero-order valence-corrected chi connectivity index (χ0v) is 17.5. The van der Waals surface area contributed by atoms with Crippen molar-refractivity contribution in [1.82, 2.24) is 5.32 Å². The maximum absolute atomic E-state index is 12.7. The molecule has 0 saturated carbocycles. The number of hydrogen-bond acceptors (Lipinski definition) is 7. The van der Waals surface area contributed by atoms with Crippen LogP contribution >= 0.6 is 0 Å². The number of hydrogen-bond donors (Lipinski definition) is 6. The maximum Gasteiger partial charge on any atom is 0.338 e. The van der Waals surface area contributed by atoms with Gasteiger partial charge in [0.15, 0.2) is 0 Å². The predicted molar refractivity (Wildman–Crippen MR) is 115 cm³/mol. The summed E-state index contributed by atoms with van der Waals surface area (Å²) in [7, 11) is 0. The predicted octanol–water partition coefficient (Wildman–Crippen LogP) is 3.22. The molecule has 0 spiro atoms. The number of nitrogens with one attached hydrogen (secondary N) is 2. The molecule has 10 nitrogen and oxygen atoms in total. The number of carbonyl (C=O) groups is 3. The zero-order chi connectivity index (χ0) is 23.7. The van der Waals surface area contributed by atoms with Crippen molar-refractivity contribution >= 4 is 23.5 Å². The minimum atomic E-state index is -1.35. The summed E-state index contributed by atoms with van der Waals surface area (Å²) in [6.07, 6.45) is 3.20. The lowest BCUT2D eigenvalue weighted by Gasteiger charge is -2.20. The lowest BCUT2D eigenvalue weighted by molar-refractivity contribution is 0.0681. The Morgan fingerprint density at radius 1 is 0.906 bits per heavy atom. The molecule has 0 bridgehead atoms. The molecular weight excluding hydrogens is 420 g/mol. The van der Waals surface area contributed by atoms with E-state index in [1.165, 1.54) is 24.3 Å². The van der Waals surface area contributed by atoms with Gasteiger partial charge in [-0.3, -0.25) is 15.1 Å². The van der Waals surface area contributed by atoms with Crippen LogP contribution in [0, 0.1) is 0 Å². The first-order chi connectivity index (χ1) is 15.2. The highest BCUT2D eigenvalue weighted by Gasteiger charge is 2.21. The molecule has 0 heterocycles. The van der Waals surface area contributed by atoms with Gasteiger partial charge in [0.2, 0.25) is 0 Å². The number of benzene rings is 2. The van der Waals surface area contributed by atoms with Crippen LogP contribution in [0.5, 0.6) is 11.5 Å². The number of aromatic hydroxyl groups is 2. The van der Waals surface area contributed by atoms with E-state index in [1.54, 1.807) is 0 Å². The first-order valence-corrected chi connectivity index (χ1v) is 10.0. The van der Waals surface area contributed by atoms with Gasteiger partial charge >= 0.3 is 11.9 Å². The Morgan fingerprint density at radius 3 is 2.16 bits per heavy atom. The molecule has 0 saturated heterocycles. The number of unbranched alkanes of at least 4 members (excludes halogenated alkanes) is 2. The van der Waals surface area contributed by atoms with E-state index in [2.05, 4.69) is 10.8 Å². The Kier molecular flexibility index (Phi) is 8.84. The smallest absolute Gasteiger partial charge is 0.338 e. The standard InChI is InChI=1S/C22H26N2O8/c1-2-3-4-5-13(12-32-24-19-9-7-15(26)11-18(19)22(30)31)23-20(27)16-8-6-14(25)10-17(16)21(28)29/h6-11,13,24-26H,2-5,12H2,1H3,(H,23,27)(H,28,29)(H,30,31). The third kappa shape index (κ3) is 6.88. The van der Waals surface area contributed by atoms with E-state index in [4.69, 9.17) is 4.84 Å². The zero-order valence-electron chi connectivity index (χ0n) is 17.5. The van der Waals surface area contributed by atoms with Crippen LogP contribution < -0.4 is 10.8 Å². The van der Waals surface area contributed by atoms with Gasteiger partial charge in [-0.05, 0) is 42.8 Å². The number of carbonyl (C=O) groups excluding carboxylic acids is 1. The molecule has 2 aromatic carbocycles. The topological polar surface area (TPSA) is 165 Å². The van der Waals surface area contributed by atoms with Crippen LogP contribution in [0.3, 0.4) is 0 Å². The van der Waals surface area contributed by atoms with Crippen molar-refractivity contribution in [2.75, 3.05) is 12.1 Å². The van der Waals surface area contributed by atoms with E-state index in [9.17, 15) is 34.8 Å². The quantitative estimate of drug-likeness (QED) is 0.163. The molecular formula is C22H26N2O8. The van der Waals surface area contributed by atoms with Gasteiger partial charge in [0.1, 0.15) is 11.5 Å². The fourth-order valence-electron chi connectivity index (χ4n) is 3.03. The van der Waals surface area contributed by atoms with Crippen LogP contribution in [0.25, 0.3) is 0 Å². The number of anilines is 1. The molecule has 2 aromatic rings. The molecule has 0 fully saturated rings. The first-order valence-electron chi connectivity index (χ1n) is 10.0. The fraction of sp³-hybridized carbons (Fsp3) is 0.318. The lowest BCUT2D eigenvalue weighted by atomic mass is 10.0. The molecule has 0 radical (unpaired) electrons. The second kappa shape index (κ2) is 11.6. The van der Waals surface area contributed by atoms with Crippen molar-refractivity contribution in [2.45, 2.75) is 38.6 Å². The highest BCUT2D eigenvalue weighted by molar-refractivity contribution is 6.05. The van der Waals surface area contributed by atoms with Crippen molar-refractivity contribution in [3.63, 3.8) is 0 Å². The van der Waals surface area contributed by atoms with Gasteiger partial charge in [0.05, 0.1) is 35.0 Å². The number of carboxylic acid groups (broad SMARTS) is 2. The van der Waals surface area contributed by atoms with Gasteiger partial charge in [-0.2, -0.15) is 0 Å². The molecule has 0 aliphatic heterocycles. The molecule has 0 aliphatic rings. The minimum absolute atomic E-state index is 0.0319. The normalized spacial score (nSPS) is 11.5. The molecule has 1 atom stereocenters. The summed E-state index contributed by atoms with van der Waals surface area (Å²) < 4.78 is 0. The van der Waals surface area contributed by atoms with E-state index < -0.39 is 23.9 Å². The summed E-state index contributed by atoms with van der Waals surface area (Å²) in [4.78, 5) is 40.9. The van der Waals surface area contributed by atoms with Crippen LogP contribution in [0.2, 0.25) is 0 Å². The third-order valence-electron chi connectivity index (χ3n) is 4.67. The monoisotopic (exact) mass is 446 g/mol. The van der Waals surface area contributed by atoms with Crippen molar-refractivity contribution in [1.29, 1.82) is 0 Å². The van der Waals surface area contributed by atoms with Crippen molar-refractivity contribution in [3.05, 3.63) is 53.1 Å². The van der Waals surface area contributed by atoms with Gasteiger partial charge < -0.3 is 25.7 Å². The second-order valence-electron chi connectivity index (χ2n) is 7.15. The van der Waals surface area contributed by atoms with Crippen LogP contribution in [-0.2, 0) is 4.84 Å². The largest absolute Gasteiger partial charge is 0.508 e. The number of carboxylic acids is 2. The van der Waals surface area contributed by atoms with Gasteiger partial charge in [-0.1, -0.05) is 26.2 Å². The summed E-state index contributed by atoms with van der Waals surface area (Å²) in [6, 6.07) is 6.68. The second-order valence-corrected chi connectivity index (χ2v) is 7.15. The van der Waals surface area contributed by atoms with E-state index in [0.29, 0.717) is 6.42 Å². The van der Waals surface area contributed by atoms with E-state index in [-0.39, 0.29) is 40.5 Å². The average Bonchev–Trinajstić information content (AvgIpc) is 2.74. The Labute approximate surface area is 184 Å². The summed E-state index contributed by atoms with van der Waals surface area (Å²) in [5, 5.41) is 40.3. The minimum Gasteiger partial charge on any atom is -0.508 e. The van der Waals surface area contributed by atoms with Gasteiger partial charge in [-0.15, -0.1) is 0 Å². The number of phenols is 2. The summed E-state index contributed by atoms with van der Waals surface area (Å²) in [5.41, 5.74) is 2.03. The molecule has 1 amide bonds. The van der Waals surface area contributed by atoms with Crippen molar-refractivity contribution in [3.8, 4) is 11.5 Å². The number of rotatable bonds is 12. The van der Waals surface area contributed by atoms with Crippen molar-refractivity contribution in [2.24, 2.45) is 0 Å². The first kappa shape index (κ1) is 24.5. The van der Waals surface area contributed by atoms with Gasteiger partial charge in [0, 0.05) is 0 Å². The molecule has 10 heteroatoms. The number of amides is 1. The number of aromatic carboxylic acids is 2. The lowest BCUT2D eigenvalue weighted by Crippen LogP contribution is -2.39. The fourth-order valence-corrected chi connectivity index (χ4v) is 3.03. The summed E-state index contributed by atoms with van der Waals surface area (Å²) in [5.74, 6) is -3.72. The molecule has 2 rings (SSSR count). The SMILES string of the molecule is CCCCCC(CONc1ccc(O)cc1C(=O)O)NC(=O)c1ccc(O)cc1C(=O)O. The Morgan fingerprint density at radius 2 is 1.53 bits per heavy atom. The highest BCUT2D eigenvalue weighted by Crippen LogP contribution is 2.22. The van der Waals surface area contributed by atoms with E-state index in [0.717, 1.165) is 31.4 Å². The van der Waals surface area contributed by atoms with Crippen molar-refractivity contribution < 1.29 is 39.6 Å². The van der Waals surface area contributed by atoms with Crippen LogP contribution in [-0.4, -0.2) is 50.9 Å². The summed E-state index contributed by atoms with van der Waals surface area (Å²) in [6.45, 7) is 2.00. The Hall–Kier alpha value is -3.79. The highest BCUT2D eigenvalue weighted by atomic mass is 16.6. The van der Waals surface area contributed by atoms with Crippen LogP contribution in [0.4, 0.5) is 5.69 Å². The van der Waals surface area contributed by atoms with Crippen LogP contribution in [0.15, 0.2) is 36.4 Å². The van der Waals surface area contributed by atoms with Gasteiger partial charge in [-0.25, -0.2) is 9.59 Å². The number of phenolic OH excluding ortho intramolecular Hbond substituents is 2. The van der Waals surface area contributed by atoms with Gasteiger partial charge in [0.25, 0.3) is 5.91 Å². The molecule has 172 valence electrons. The molecule has 0 aliphatic carbocycles. The molecule has 32 heavy (non-hydrogen) atoms. The molecule has 6 N–H and O–H groups in total. The van der Waals surface area contributed by atoms with Crippen LogP contribution in [0.1, 0.15) is 63.7 Å². The molecule has 0 aromatic heterocycles. The average molecular weight is 446 g/mol. The Bertz CT molecular complexity index is 976. The Balaban J connectivity index is 2.10. The third-order valence-corrected chi connectivity index (χ3v) is 4.67. The molecule has 1 unspecified atom stereocenters. The summed E-state index contributed by atoms with van der Waals surface area (Å²) >= 11 is 0.